The summed E-state index contributed by atoms with van der Waals surface area (Å²) < 4.78 is 0. The molecule has 0 N–H and O–H groups in total. The maximum Gasteiger partial charge on any atom is 0.232 e. The van der Waals surface area contributed by atoms with E-state index in [1.54, 1.807) is 0 Å². The smallest absolute Gasteiger partial charge is 0.232 e. The Kier molecular flexibility index (Phi) is 2.71. The second kappa shape index (κ2) is 2.66. The van der Waals surface area contributed by atoms with E-state index in [1.807, 2.05) is 0 Å². The Bertz CT molecular complexity index is 93.4. The Hall–Kier alpha value is 0.177. The fraction of sp³-hybridized carbons (Fsp3) is 1.00. The van der Waals surface area contributed by atoms with Crippen LogP contribution in [0.2, 0.25) is 10.1 Å². The second-order valence-electron chi connectivity index (χ2n) is 5.11. The summed E-state index contributed by atoms with van der Waals surface area (Å²) in [5.74, 6) is 0. The lowest BCUT2D eigenvalue weighted by atomic mass is 10.2. The van der Waals surface area contributed by atoms with Crippen LogP contribution in [-0.4, -0.2) is 9.04 Å². The highest BCUT2D eigenvalue weighted by molar-refractivity contribution is 6.56. The van der Waals surface area contributed by atoms with Crippen molar-refractivity contribution in [1.29, 1.82) is 0 Å². The monoisotopic (exact) mass is 159 g/mol. The van der Waals surface area contributed by atoms with Crippen molar-refractivity contribution in [3.8, 4) is 0 Å². The zero-order valence-corrected chi connectivity index (χ0v) is 9.14. The van der Waals surface area contributed by atoms with E-state index in [0.29, 0.717) is 0 Å². The molecule has 0 rings (SSSR count). The highest BCUT2D eigenvalue weighted by Crippen LogP contribution is 2.40. The molecule has 10 heavy (non-hydrogen) atoms. The van der Waals surface area contributed by atoms with E-state index in [-0.39, 0.29) is 10.1 Å². The van der Waals surface area contributed by atoms with Crippen LogP contribution in [0.4, 0.5) is 0 Å². The lowest BCUT2D eigenvalue weighted by Gasteiger charge is -2.32. The average molecular weight is 159 g/mol. The van der Waals surface area contributed by atoms with Crippen LogP contribution >= 0.6 is 0 Å². The number of rotatable bonds is 0. The fourth-order valence-corrected chi connectivity index (χ4v) is 3.90. The summed E-state index contributed by atoms with van der Waals surface area (Å²) >= 11 is 0. The van der Waals surface area contributed by atoms with Crippen molar-refractivity contribution >= 4 is 9.04 Å². The lowest BCUT2D eigenvalue weighted by molar-refractivity contribution is 0.373. The molecule has 0 saturated carbocycles. The van der Waals surface area contributed by atoms with Crippen molar-refractivity contribution in [2.45, 2.75) is 51.6 Å². The van der Waals surface area contributed by atoms with Gasteiger partial charge in [0.1, 0.15) is 0 Å². The van der Waals surface area contributed by atoms with Gasteiger partial charge in [-0.1, -0.05) is 41.5 Å². The van der Waals surface area contributed by atoms with Crippen LogP contribution < -0.4 is 0 Å². The zero-order chi connectivity index (χ0) is 8.58. The zero-order valence-electron chi connectivity index (χ0n) is 7.99. The molecule has 0 amide bonds. The summed E-state index contributed by atoms with van der Waals surface area (Å²) in [5, 5.41) is 0.0521. The van der Waals surface area contributed by atoms with E-state index >= 15 is 0 Å². The predicted molar refractivity (Wildman–Crippen MR) is 47.3 cm³/mol. The van der Waals surface area contributed by atoms with Crippen molar-refractivity contribution in [3.63, 3.8) is 0 Å². The molecule has 0 aromatic carbocycles. The molecule has 0 aromatic rings. The SMILES string of the molecule is CC(C)(C)[SiH]([O])C(C)(C)C. The molecular weight excluding hydrogens is 140 g/mol. The molecule has 0 aliphatic rings. The van der Waals surface area contributed by atoms with Gasteiger partial charge in [0.15, 0.2) is 0 Å². The van der Waals surface area contributed by atoms with Crippen LogP contribution in [0.15, 0.2) is 0 Å². The Morgan fingerprint density at radius 3 is 1.00 bits per heavy atom. The van der Waals surface area contributed by atoms with E-state index in [2.05, 4.69) is 41.5 Å². The molecule has 0 atom stereocenters. The molecule has 1 nitrogen and oxygen atoms in total. The Labute approximate surface area is 66.2 Å². The lowest BCUT2D eigenvalue weighted by Crippen LogP contribution is -2.33. The Morgan fingerprint density at radius 1 is 0.800 bits per heavy atom. The molecule has 0 heterocycles. The molecule has 0 saturated heterocycles. The van der Waals surface area contributed by atoms with Gasteiger partial charge >= 0.3 is 0 Å². The van der Waals surface area contributed by atoms with Crippen LogP contribution in [0.1, 0.15) is 41.5 Å². The molecular formula is C8H19OSi. The highest BCUT2D eigenvalue weighted by Gasteiger charge is 2.37. The summed E-state index contributed by atoms with van der Waals surface area (Å²) in [7, 11) is -1.83. The summed E-state index contributed by atoms with van der Waals surface area (Å²) in [6.45, 7) is 12.3. The first-order valence-corrected chi connectivity index (χ1v) is 5.44. The Balaban J connectivity index is 4.23. The van der Waals surface area contributed by atoms with Gasteiger partial charge < -0.3 is 4.80 Å². The van der Waals surface area contributed by atoms with Gasteiger partial charge in [0, 0.05) is 0 Å². The minimum atomic E-state index is -1.83. The standard InChI is InChI=1S/C8H19OSi/c1-7(2,3)10(9)8(4,5)6/h10H,1-6H3. The fourth-order valence-electron chi connectivity index (χ4n) is 1.30. The minimum Gasteiger partial charge on any atom is -0.301 e. The number of hydrogen-bond donors (Lipinski definition) is 0. The molecule has 0 bridgehead atoms. The minimum absolute atomic E-state index is 0.0260. The summed E-state index contributed by atoms with van der Waals surface area (Å²) in [4.78, 5) is 11.7. The summed E-state index contributed by atoms with van der Waals surface area (Å²) in [6.07, 6.45) is 0. The maximum atomic E-state index is 11.7. The van der Waals surface area contributed by atoms with E-state index in [9.17, 15) is 4.80 Å². The van der Waals surface area contributed by atoms with Crippen LogP contribution in [0.3, 0.4) is 0 Å². The third-order valence-electron chi connectivity index (χ3n) is 1.57. The highest BCUT2D eigenvalue weighted by atomic mass is 28.3. The molecule has 0 unspecified atom stereocenters. The van der Waals surface area contributed by atoms with Gasteiger partial charge in [0.25, 0.3) is 0 Å². The van der Waals surface area contributed by atoms with Crippen LogP contribution in [-0.2, 0) is 4.80 Å². The van der Waals surface area contributed by atoms with E-state index in [4.69, 9.17) is 0 Å². The van der Waals surface area contributed by atoms with Crippen LogP contribution in [0.25, 0.3) is 0 Å². The van der Waals surface area contributed by atoms with Gasteiger partial charge in [-0.3, -0.25) is 0 Å². The maximum absolute atomic E-state index is 11.7. The molecule has 1 radical (unpaired) electrons. The molecule has 0 spiro atoms. The van der Waals surface area contributed by atoms with Crippen molar-refractivity contribution < 1.29 is 4.80 Å². The van der Waals surface area contributed by atoms with Crippen molar-refractivity contribution in [2.75, 3.05) is 0 Å². The second-order valence-corrected chi connectivity index (χ2v) is 9.34. The van der Waals surface area contributed by atoms with E-state index in [1.165, 1.54) is 0 Å². The molecule has 0 aliphatic heterocycles. The van der Waals surface area contributed by atoms with Gasteiger partial charge in [-0.25, -0.2) is 0 Å². The van der Waals surface area contributed by atoms with Crippen molar-refractivity contribution in [2.24, 2.45) is 0 Å². The molecule has 2 heteroatoms. The third-order valence-corrected chi connectivity index (χ3v) is 4.72. The molecule has 61 valence electrons. The predicted octanol–water partition coefficient (Wildman–Crippen LogP) is 2.74. The van der Waals surface area contributed by atoms with E-state index in [0.717, 1.165) is 0 Å². The molecule has 0 fully saturated rings. The quantitative estimate of drug-likeness (QED) is 0.484. The average Bonchev–Trinajstić information content (AvgIpc) is 1.59. The van der Waals surface area contributed by atoms with Gasteiger partial charge in [-0.15, -0.1) is 0 Å². The number of hydrogen-bond acceptors (Lipinski definition) is 0. The first-order chi connectivity index (χ1) is 4.15. The Morgan fingerprint density at radius 2 is 1.00 bits per heavy atom. The third kappa shape index (κ3) is 2.84. The summed E-state index contributed by atoms with van der Waals surface area (Å²) in [5.41, 5.74) is 0. The molecule has 0 aliphatic carbocycles. The first-order valence-electron chi connectivity index (χ1n) is 3.81. The normalized spacial score (nSPS) is 14.4. The van der Waals surface area contributed by atoms with Crippen LogP contribution in [0, 0.1) is 0 Å². The largest absolute Gasteiger partial charge is 0.301 e. The van der Waals surface area contributed by atoms with Gasteiger partial charge in [-0.05, 0) is 10.1 Å². The van der Waals surface area contributed by atoms with Crippen molar-refractivity contribution in [3.05, 3.63) is 0 Å². The van der Waals surface area contributed by atoms with Crippen LogP contribution in [0.5, 0.6) is 0 Å². The van der Waals surface area contributed by atoms with Gasteiger partial charge in [-0.2, -0.15) is 0 Å². The van der Waals surface area contributed by atoms with Gasteiger partial charge in [0.2, 0.25) is 9.04 Å². The van der Waals surface area contributed by atoms with Crippen molar-refractivity contribution in [1.82, 2.24) is 0 Å². The van der Waals surface area contributed by atoms with E-state index < -0.39 is 9.04 Å². The first kappa shape index (κ1) is 10.2. The summed E-state index contributed by atoms with van der Waals surface area (Å²) in [6, 6.07) is 0. The molecule has 0 aromatic heterocycles. The topological polar surface area (TPSA) is 19.9 Å². The van der Waals surface area contributed by atoms with Gasteiger partial charge in [0.05, 0.1) is 0 Å².